The van der Waals surface area contributed by atoms with E-state index in [9.17, 15) is 4.79 Å². The largest absolute Gasteiger partial charge is 0.339 e. The molecule has 2 heterocycles. The molecular formula is C8H15N3OS. The van der Waals surface area contributed by atoms with Crippen LogP contribution in [0.1, 0.15) is 0 Å². The van der Waals surface area contributed by atoms with Crippen LogP contribution in [0.15, 0.2) is 0 Å². The lowest BCUT2D eigenvalue weighted by Crippen LogP contribution is -2.52. The molecule has 1 amide bonds. The average Bonchev–Trinajstić information content (AvgIpc) is 2.71. The Labute approximate surface area is 82.4 Å². The number of hydrogen-bond donors (Lipinski definition) is 2. The molecule has 2 aliphatic heterocycles. The number of amides is 1. The van der Waals surface area contributed by atoms with Crippen molar-refractivity contribution >= 4 is 17.7 Å². The van der Waals surface area contributed by atoms with Gasteiger partial charge in [-0.25, -0.2) is 0 Å². The quantitative estimate of drug-likeness (QED) is 0.576. The van der Waals surface area contributed by atoms with Gasteiger partial charge in [0.2, 0.25) is 5.91 Å². The number of hydrogen-bond acceptors (Lipinski definition) is 4. The van der Waals surface area contributed by atoms with Crippen molar-refractivity contribution in [3.05, 3.63) is 0 Å². The van der Waals surface area contributed by atoms with Crippen molar-refractivity contribution in [2.45, 2.75) is 6.04 Å². The van der Waals surface area contributed by atoms with E-state index in [1.54, 1.807) is 11.8 Å². The lowest BCUT2D eigenvalue weighted by atomic mass is 10.2. The number of nitrogens with one attached hydrogen (secondary N) is 2. The van der Waals surface area contributed by atoms with Crippen LogP contribution in [0.3, 0.4) is 0 Å². The highest BCUT2D eigenvalue weighted by Gasteiger charge is 2.27. The first-order valence-corrected chi connectivity index (χ1v) is 5.84. The summed E-state index contributed by atoms with van der Waals surface area (Å²) < 4.78 is 0. The number of carbonyl (C=O) groups is 1. The molecule has 0 aromatic carbocycles. The first kappa shape index (κ1) is 9.30. The molecule has 2 fully saturated rings. The zero-order valence-corrected chi connectivity index (χ0v) is 8.40. The van der Waals surface area contributed by atoms with Crippen LogP contribution in [0.2, 0.25) is 0 Å². The monoisotopic (exact) mass is 201 g/mol. The highest BCUT2D eigenvalue weighted by molar-refractivity contribution is 7.99. The number of thioether (sulfide) groups is 1. The predicted octanol–water partition coefficient (Wildman–Crippen LogP) is -0.919. The predicted molar refractivity (Wildman–Crippen MR) is 53.7 cm³/mol. The third-order valence-corrected chi connectivity index (χ3v) is 3.38. The van der Waals surface area contributed by atoms with Crippen LogP contribution in [0.25, 0.3) is 0 Å². The maximum Gasteiger partial charge on any atom is 0.240 e. The highest BCUT2D eigenvalue weighted by Crippen LogP contribution is 2.12. The molecule has 2 rings (SSSR count). The van der Waals surface area contributed by atoms with Crippen molar-refractivity contribution in [2.24, 2.45) is 0 Å². The van der Waals surface area contributed by atoms with Gasteiger partial charge < -0.3 is 10.2 Å². The Balaban J connectivity index is 1.87. The molecule has 0 aromatic rings. The Morgan fingerprint density at radius 2 is 2.15 bits per heavy atom. The highest BCUT2D eigenvalue weighted by atomic mass is 32.2. The van der Waals surface area contributed by atoms with E-state index < -0.39 is 0 Å². The van der Waals surface area contributed by atoms with Gasteiger partial charge in [-0.3, -0.25) is 10.1 Å². The summed E-state index contributed by atoms with van der Waals surface area (Å²) in [5, 5.41) is 6.45. The second-order valence-electron chi connectivity index (χ2n) is 3.35. The van der Waals surface area contributed by atoms with Crippen LogP contribution in [0.5, 0.6) is 0 Å². The van der Waals surface area contributed by atoms with Crippen molar-refractivity contribution in [3.63, 3.8) is 0 Å². The fourth-order valence-electron chi connectivity index (χ4n) is 1.66. The van der Waals surface area contributed by atoms with Gasteiger partial charge in [0.05, 0.1) is 6.04 Å². The molecule has 0 aliphatic carbocycles. The first-order valence-electron chi connectivity index (χ1n) is 4.68. The zero-order chi connectivity index (χ0) is 9.10. The summed E-state index contributed by atoms with van der Waals surface area (Å²) in [6.07, 6.45) is 0. The fraction of sp³-hybridized carbons (Fsp3) is 0.875. The van der Waals surface area contributed by atoms with Gasteiger partial charge >= 0.3 is 0 Å². The van der Waals surface area contributed by atoms with Crippen LogP contribution in [0.4, 0.5) is 0 Å². The third-order valence-electron chi connectivity index (χ3n) is 2.44. The molecule has 0 bridgehead atoms. The molecular weight excluding hydrogens is 186 g/mol. The van der Waals surface area contributed by atoms with Gasteiger partial charge in [0.25, 0.3) is 0 Å². The molecule has 5 heteroatoms. The molecule has 0 saturated carbocycles. The minimum absolute atomic E-state index is 0.0723. The summed E-state index contributed by atoms with van der Waals surface area (Å²) in [4.78, 5) is 13.8. The van der Waals surface area contributed by atoms with Crippen molar-refractivity contribution in [2.75, 3.05) is 37.8 Å². The number of carbonyl (C=O) groups excluding carboxylic acids is 1. The van der Waals surface area contributed by atoms with E-state index in [2.05, 4.69) is 10.6 Å². The summed E-state index contributed by atoms with van der Waals surface area (Å²) >= 11 is 1.80. The standard InChI is InChI=1S/C8H15N3OS/c12-8(7-5-13-6-10-7)11-3-1-9-2-4-11/h7,9-10H,1-6H2/t7-/m1/s1. The number of nitrogens with zero attached hydrogens (tertiary/aromatic N) is 1. The van der Waals surface area contributed by atoms with Gasteiger partial charge in [0.1, 0.15) is 0 Å². The van der Waals surface area contributed by atoms with Crippen LogP contribution in [0, 0.1) is 0 Å². The number of rotatable bonds is 1. The molecule has 0 aromatic heterocycles. The van der Waals surface area contributed by atoms with E-state index in [4.69, 9.17) is 0 Å². The lowest BCUT2D eigenvalue weighted by Gasteiger charge is -2.29. The maximum absolute atomic E-state index is 11.8. The Hall–Kier alpha value is -0.260. The summed E-state index contributed by atoms with van der Waals surface area (Å²) in [6.45, 7) is 3.60. The van der Waals surface area contributed by atoms with E-state index in [1.807, 2.05) is 4.90 Å². The molecule has 2 saturated heterocycles. The molecule has 1 atom stereocenters. The molecule has 2 N–H and O–H groups in total. The molecule has 2 aliphatic rings. The Bertz CT molecular complexity index is 188. The van der Waals surface area contributed by atoms with Crippen molar-refractivity contribution in [3.8, 4) is 0 Å². The molecule has 4 nitrogen and oxygen atoms in total. The molecule has 0 spiro atoms. The van der Waals surface area contributed by atoms with Crippen molar-refractivity contribution in [1.29, 1.82) is 0 Å². The van der Waals surface area contributed by atoms with E-state index in [-0.39, 0.29) is 11.9 Å². The molecule has 13 heavy (non-hydrogen) atoms. The second kappa shape index (κ2) is 4.30. The molecule has 74 valence electrons. The van der Waals surface area contributed by atoms with Gasteiger partial charge in [-0.1, -0.05) is 0 Å². The number of piperazine rings is 1. The second-order valence-corrected chi connectivity index (χ2v) is 4.38. The Morgan fingerprint density at radius 1 is 1.38 bits per heavy atom. The van der Waals surface area contributed by atoms with Crippen LogP contribution in [-0.2, 0) is 4.79 Å². The first-order chi connectivity index (χ1) is 6.38. The zero-order valence-electron chi connectivity index (χ0n) is 7.58. The summed E-state index contributed by atoms with van der Waals surface area (Å²) in [7, 11) is 0. The van der Waals surface area contributed by atoms with Gasteiger partial charge in [0, 0.05) is 37.8 Å². The van der Waals surface area contributed by atoms with E-state index in [1.165, 1.54) is 0 Å². The summed E-state index contributed by atoms with van der Waals surface area (Å²) in [5.41, 5.74) is 0. The van der Waals surface area contributed by atoms with Crippen LogP contribution >= 0.6 is 11.8 Å². The van der Waals surface area contributed by atoms with E-state index in [0.717, 1.165) is 37.8 Å². The minimum atomic E-state index is 0.0723. The van der Waals surface area contributed by atoms with Crippen molar-refractivity contribution in [1.82, 2.24) is 15.5 Å². The topological polar surface area (TPSA) is 44.4 Å². The average molecular weight is 201 g/mol. The van der Waals surface area contributed by atoms with Gasteiger partial charge in [-0.05, 0) is 0 Å². The van der Waals surface area contributed by atoms with Gasteiger partial charge in [0.15, 0.2) is 0 Å². The summed E-state index contributed by atoms with van der Waals surface area (Å²) in [6, 6.07) is 0.0723. The Morgan fingerprint density at radius 3 is 2.77 bits per heavy atom. The van der Waals surface area contributed by atoms with Gasteiger partial charge in [-0.15, -0.1) is 11.8 Å². The molecule has 0 radical (unpaired) electrons. The SMILES string of the molecule is O=C([C@H]1CSCN1)N1CCNCC1. The maximum atomic E-state index is 11.8. The normalized spacial score (nSPS) is 29.2. The Kier molecular flexibility index (Phi) is 3.08. The summed E-state index contributed by atoms with van der Waals surface area (Å²) in [5.74, 6) is 2.14. The molecule has 0 unspecified atom stereocenters. The third kappa shape index (κ3) is 2.15. The fourth-order valence-corrected chi connectivity index (χ4v) is 2.59. The van der Waals surface area contributed by atoms with E-state index >= 15 is 0 Å². The lowest BCUT2D eigenvalue weighted by molar-refractivity contribution is -0.133. The van der Waals surface area contributed by atoms with Gasteiger partial charge in [-0.2, -0.15) is 0 Å². The van der Waals surface area contributed by atoms with Crippen LogP contribution in [-0.4, -0.2) is 54.7 Å². The van der Waals surface area contributed by atoms with E-state index in [0.29, 0.717) is 0 Å². The van der Waals surface area contributed by atoms with Crippen molar-refractivity contribution < 1.29 is 4.79 Å². The van der Waals surface area contributed by atoms with Crippen LogP contribution < -0.4 is 10.6 Å². The minimum Gasteiger partial charge on any atom is -0.339 e. The smallest absolute Gasteiger partial charge is 0.240 e.